The molecule has 2 aliphatic carbocycles. The van der Waals surface area contributed by atoms with E-state index in [1.807, 2.05) is 24.3 Å². The van der Waals surface area contributed by atoms with Gasteiger partial charge in [0.15, 0.2) is 11.6 Å². The fourth-order valence-electron chi connectivity index (χ4n) is 3.21. The predicted molar refractivity (Wildman–Crippen MR) is 109 cm³/mol. The maximum atomic E-state index is 13.1. The molecule has 0 aliphatic heterocycles. The summed E-state index contributed by atoms with van der Waals surface area (Å²) in [6, 6.07) is 0. The predicted octanol–water partition coefficient (Wildman–Crippen LogP) is 5.92. The van der Waals surface area contributed by atoms with Gasteiger partial charge in [-0.2, -0.15) is 0 Å². The van der Waals surface area contributed by atoms with E-state index in [0.717, 1.165) is 27.9 Å². The van der Waals surface area contributed by atoms with E-state index in [9.17, 15) is 9.59 Å². The molecular formula is C24H32O2. The highest BCUT2D eigenvalue weighted by Crippen LogP contribution is 2.40. The van der Waals surface area contributed by atoms with E-state index in [1.165, 1.54) is 0 Å². The molecule has 0 radical (unpaired) electrons. The first-order valence-electron chi connectivity index (χ1n) is 9.30. The molecule has 140 valence electrons. The summed E-state index contributed by atoms with van der Waals surface area (Å²) in [6.07, 6.45) is 9.51. The quantitative estimate of drug-likeness (QED) is 0.542. The van der Waals surface area contributed by atoms with Crippen molar-refractivity contribution >= 4 is 11.6 Å². The van der Waals surface area contributed by atoms with Crippen LogP contribution >= 0.6 is 0 Å². The first-order chi connectivity index (χ1) is 11.6. The topological polar surface area (TPSA) is 34.1 Å². The van der Waals surface area contributed by atoms with Crippen LogP contribution in [0.15, 0.2) is 58.2 Å². The molecule has 0 fully saturated rings. The number of carbonyl (C=O) groups is 2. The molecule has 0 N–H and O–H groups in total. The monoisotopic (exact) mass is 352 g/mol. The molecule has 0 spiro atoms. The van der Waals surface area contributed by atoms with Gasteiger partial charge in [0.1, 0.15) is 0 Å². The summed E-state index contributed by atoms with van der Waals surface area (Å²) >= 11 is 0. The van der Waals surface area contributed by atoms with E-state index in [-0.39, 0.29) is 27.8 Å². The van der Waals surface area contributed by atoms with E-state index in [1.54, 1.807) is 6.08 Å². The summed E-state index contributed by atoms with van der Waals surface area (Å²) in [5, 5.41) is 0. The Morgan fingerprint density at radius 1 is 0.538 bits per heavy atom. The van der Waals surface area contributed by atoms with Gasteiger partial charge in [-0.15, -0.1) is 0 Å². The van der Waals surface area contributed by atoms with Gasteiger partial charge in [0.25, 0.3) is 0 Å². The van der Waals surface area contributed by atoms with Crippen LogP contribution in [0.3, 0.4) is 0 Å². The second-order valence-corrected chi connectivity index (χ2v) is 10.4. The van der Waals surface area contributed by atoms with Crippen molar-refractivity contribution < 1.29 is 9.59 Å². The minimum Gasteiger partial charge on any atom is -0.290 e. The summed E-state index contributed by atoms with van der Waals surface area (Å²) in [4.78, 5) is 25.4. The Balaban J connectivity index is 2.74. The van der Waals surface area contributed by atoms with Crippen LogP contribution in [0.5, 0.6) is 0 Å². The Labute approximate surface area is 158 Å². The molecule has 2 aliphatic rings. The van der Waals surface area contributed by atoms with Gasteiger partial charge in [0, 0.05) is 16.7 Å². The van der Waals surface area contributed by atoms with Crippen molar-refractivity contribution in [1.82, 2.24) is 0 Å². The molecule has 0 aromatic carbocycles. The highest BCUT2D eigenvalue weighted by atomic mass is 16.1. The van der Waals surface area contributed by atoms with Crippen molar-refractivity contribution in [2.75, 3.05) is 0 Å². The summed E-state index contributed by atoms with van der Waals surface area (Å²) in [5.41, 5.74) is 3.75. The van der Waals surface area contributed by atoms with Crippen LogP contribution in [0.4, 0.5) is 0 Å². The van der Waals surface area contributed by atoms with Gasteiger partial charge in [0.2, 0.25) is 0 Å². The van der Waals surface area contributed by atoms with E-state index >= 15 is 0 Å². The minimum absolute atomic E-state index is 0.0637. The highest BCUT2D eigenvalue weighted by molar-refractivity contribution is 6.12. The Kier molecular flexibility index (Phi) is 4.96. The number of carbonyl (C=O) groups excluding carboxylic acids is 2. The molecule has 0 heterocycles. The molecule has 2 rings (SSSR count). The molecule has 0 aromatic rings. The maximum absolute atomic E-state index is 13.1. The van der Waals surface area contributed by atoms with Crippen LogP contribution in [0.1, 0.15) is 62.3 Å². The molecule has 0 saturated carbocycles. The Bertz CT molecular complexity index is 766. The zero-order chi connectivity index (χ0) is 20.1. The Morgan fingerprint density at radius 2 is 0.923 bits per heavy atom. The number of ketones is 2. The zero-order valence-corrected chi connectivity index (χ0v) is 17.7. The van der Waals surface area contributed by atoms with Gasteiger partial charge < -0.3 is 0 Å². The lowest BCUT2D eigenvalue weighted by Gasteiger charge is -2.32. The number of hydrogen-bond acceptors (Lipinski definition) is 2. The van der Waals surface area contributed by atoms with Crippen LogP contribution < -0.4 is 0 Å². The Morgan fingerprint density at radius 3 is 1.31 bits per heavy atom. The van der Waals surface area contributed by atoms with Crippen molar-refractivity contribution in [3.05, 3.63) is 58.2 Å². The van der Waals surface area contributed by atoms with E-state index in [0.29, 0.717) is 0 Å². The lowest BCUT2D eigenvalue weighted by atomic mass is 9.71. The third-order valence-corrected chi connectivity index (χ3v) is 4.83. The van der Waals surface area contributed by atoms with E-state index in [4.69, 9.17) is 0 Å². The second-order valence-electron chi connectivity index (χ2n) is 10.4. The van der Waals surface area contributed by atoms with Gasteiger partial charge in [0.05, 0.1) is 0 Å². The fourth-order valence-corrected chi connectivity index (χ4v) is 3.21. The fraction of sp³-hybridized carbons (Fsp3) is 0.500. The second kappa shape index (κ2) is 6.33. The zero-order valence-electron chi connectivity index (χ0n) is 17.7. The lowest BCUT2D eigenvalue weighted by Crippen LogP contribution is -2.28. The van der Waals surface area contributed by atoms with Crippen LogP contribution in [0.2, 0.25) is 0 Å². The maximum Gasteiger partial charge on any atom is 0.186 e. The molecule has 26 heavy (non-hydrogen) atoms. The van der Waals surface area contributed by atoms with Crippen LogP contribution in [0.25, 0.3) is 0 Å². The average Bonchev–Trinajstić information content (AvgIpc) is 2.44. The third-order valence-electron chi connectivity index (χ3n) is 4.83. The van der Waals surface area contributed by atoms with Crippen molar-refractivity contribution in [2.45, 2.75) is 62.3 Å². The first kappa shape index (κ1) is 20.4. The molecule has 2 heteroatoms. The van der Waals surface area contributed by atoms with Crippen molar-refractivity contribution in [2.24, 2.45) is 16.2 Å². The van der Waals surface area contributed by atoms with Crippen molar-refractivity contribution in [3.8, 4) is 0 Å². The van der Waals surface area contributed by atoms with Gasteiger partial charge in [-0.25, -0.2) is 0 Å². The average molecular weight is 353 g/mol. The summed E-state index contributed by atoms with van der Waals surface area (Å²) in [6.45, 7) is 18.6. The molecule has 0 aromatic heterocycles. The Hall–Kier alpha value is -1.96. The van der Waals surface area contributed by atoms with E-state index < -0.39 is 0 Å². The summed E-state index contributed by atoms with van der Waals surface area (Å²) < 4.78 is 0. The number of rotatable bonds is 0. The van der Waals surface area contributed by atoms with Crippen LogP contribution in [0, 0.1) is 16.2 Å². The molecule has 0 amide bonds. The first-order valence-corrected chi connectivity index (χ1v) is 9.30. The molecule has 0 bridgehead atoms. The van der Waals surface area contributed by atoms with E-state index in [2.05, 4.69) is 62.3 Å². The van der Waals surface area contributed by atoms with Gasteiger partial charge in [-0.1, -0.05) is 68.4 Å². The van der Waals surface area contributed by atoms with Crippen molar-refractivity contribution in [3.63, 3.8) is 0 Å². The van der Waals surface area contributed by atoms with Gasteiger partial charge >= 0.3 is 0 Å². The summed E-state index contributed by atoms with van der Waals surface area (Å²) in [7, 11) is 0. The standard InChI is InChI=1S/C24H32O2/c1-22(2,3)17-12-15(10-11-20(17)25)16-13-18(23(4,5)6)21(26)19(14-16)24(7,8)9/h10-14H,1-9H3. The SMILES string of the molecule is CC(C)(C)C1=CC(=C2C=C(C(C)(C)C)C(=O)C(C(C)(C)C)=C2)C=CC1=O. The summed E-state index contributed by atoms with van der Waals surface area (Å²) in [5.74, 6) is 0.194. The number of allylic oxidation sites excluding steroid dienone is 10. The minimum atomic E-state index is -0.238. The largest absolute Gasteiger partial charge is 0.290 e. The molecule has 0 unspecified atom stereocenters. The van der Waals surface area contributed by atoms with Gasteiger partial charge in [-0.3, -0.25) is 9.59 Å². The van der Waals surface area contributed by atoms with Crippen molar-refractivity contribution in [1.29, 1.82) is 0 Å². The molecular weight excluding hydrogens is 320 g/mol. The van der Waals surface area contributed by atoms with Crippen LogP contribution in [-0.4, -0.2) is 11.6 Å². The molecule has 2 nitrogen and oxygen atoms in total. The van der Waals surface area contributed by atoms with Gasteiger partial charge in [-0.05, 0) is 51.7 Å². The number of hydrogen-bond donors (Lipinski definition) is 0. The molecule has 0 atom stereocenters. The third kappa shape index (κ3) is 4.06. The van der Waals surface area contributed by atoms with Crippen LogP contribution in [-0.2, 0) is 9.59 Å². The normalized spacial score (nSPS) is 19.5. The highest BCUT2D eigenvalue weighted by Gasteiger charge is 2.34. The molecule has 0 saturated heterocycles. The lowest BCUT2D eigenvalue weighted by molar-refractivity contribution is -0.114. The smallest absolute Gasteiger partial charge is 0.186 e. The number of Topliss-reactive ketones (excluding diaryl/α,β-unsaturated/α-hetero) is 1.